The molecule has 1 aromatic carbocycles. The minimum atomic E-state index is 0.0964. The van der Waals surface area contributed by atoms with Gasteiger partial charge in [0.15, 0.2) is 0 Å². The van der Waals surface area contributed by atoms with E-state index in [9.17, 15) is 4.79 Å². The van der Waals surface area contributed by atoms with Gasteiger partial charge in [-0.05, 0) is 49.6 Å². The highest BCUT2D eigenvalue weighted by atomic mass is 32.2. The topological polar surface area (TPSA) is 32.3 Å². The van der Waals surface area contributed by atoms with E-state index in [0.717, 1.165) is 36.5 Å². The molecular formula is C14H22N2OS. The summed E-state index contributed by atoms with van der Waals surface area (Å²) in [5.74, 6) is 1.19. The van der Waals surface area contributed by atoms with E-state index in [1.54, 1.807) is 4.90 Å². The van der Waals surface area contributed by atoms with E-state index >= 15 is 0 Å². The molecule has 0 saturated carbocycles. The fourth-order valence-corrected chi connectivity index (χ4v) is 2.12. The molecule has 0 bridgehead atoms. The highest BCUT2D eigenvalue weighted by Crippen LogP contribution is 2.11. The summed E-state index contributed by atoms with van der Waals surface area (Å²) >= 11 is 1.81. The quantitative estimate of drug-likeness (QED) is 0.770. The Labute approximate surface area is 114 Å². The Hall–Kier alpha value is -1.16. The lowest BCUT2D eigenvalue weighted by atomic mass is 10.2. The van der Waals surface area contributed by atoms with E-state index in [-0.39, 0.29) is 5.91 Å². The Bertz CT molecular complexity index is 365. The number of carbonyl (C=O) groups excluding carboxylic acids is 1. The van der Waals surface area contributed by atoms with Crippen molar-refractivity contribution in [1.29, 1.82) is 0 Å². The molecule has 18 heavy (non-hydrogen) atoms. The molecular weight excluding hydrogens is 244 g/mol. The molecule has 0 unspecified atom stereocenters. The third-order valence-corrected chi connectivity index (χ3v) is 3.40. The van der Waals surface area contributed by atoms with Gasteiger partial charge in [0.05, 0.1) is 0 Å². The molecule has 0 radical (unpaired) electrons. The van der Waals surface area contributed by atoms with Crippen LogP contribution in [0.5, 0.6) is 0 Å². The third-order valence-electron chi connectivity index (χ3n) is 2.70. The monoisotopic (exact) mass is 266 g/mol. The van der Waals surface area contributed by atoms with Crippen molar-refractivity contribution in [3.8, 4) is 0 Å². The van der Waals surface area contributed by atoms with E-state index in [4.69, 9.17) is 0 Å². The molecule has 0 fully saturated rings. The van der Waals surface area contributed by atoms with Crippen LogP contribution in [0.15, 0.2) is 24.3 Å². The summed E-state index contributed by atoms with van der Waals surface area (Å²) in [5, 5.41) is 3.22. The first-order valence-corrected chi connectivity index (χ1v) is 7.66. The van der Waals surface area contributed by atoms with Gasteiger partial charge in [0, 0.05) is 31.4 Å². The number of nitrogens with zero attached hydrogens (tertiary/aromatic N) is 1. The number of thioether (sulfide) groups is 1. The van der Waals surface area contributed by atoms with Gasteiger partial charge in [-0.3, -0.25) is 4.79 Å². The van der Waals surface area contributed by atoms with E-state index in [1.165, 1.54) is 0 Å². The average molecular weight is 266 g/mol. The molecule has 0 heterocycles. The molecule has 1 amide bonds. The van der Waals surface area contributed by atoms with Crippen LogP contribution in [0, 0.1) is 0 Å². The van der Waals surface area contributed by atoms with Gasteiger partial charge in [-0.15, -0.1) is 0 Å². The van der Waals surface area contributed by atoms with Crippen LogP contribution >= 0.6 is 11.8 Å². The molecule has 1 aromatic rings. The summed E-state index contributed by atoms with van der Waals surface area (Å²) < 4.78 is 0. The minimum Gasteiger partial charge on any atom is -0.385 e. The predicted octanol–water partition coefficient (Wildman–Crippen LogP) is 2.94. The maximum Gasteiger partial charge on any atom is 0.253 e. The van der Waals surface area contributed by atoms with Gasteiger partial charge in [-0.1, -0.05) is 0 Å². The van der Waals surface area contributed by atoms with Crippen LogP contribution in [-0.2, 0) is 0 Å². The number of rotatable bonds is 7. The molecule has 4 heteroatoms. The van der Waals surface area contributed by atoms with Gasteiger partial charge in [-0.2, -0.15) is 11.8 Å². The summed E-state index contributed by atoms with van der Waals surface area (Å²) in [6.07, 6.45) is 3.13. The largest absolute Gasteiger partial charge is 0.385 e. The highest BCUT2D eigenvalue weighted by Gasteiger charge is 2.10. The summed E-state index contributed by atoms with van der Waals surface area (Å²) in [6, 6.07) is 7.66. The zero-order valence-electron chi connectivity index (χ0n) is 11.4. The molecule has 0 aliphatic carbocycles. The van der Waals surface area contributed by atoms with Gasteiger partial charge in [0.2, 0.25) is 0 Å². The second-order valence-corrected chi connectivity index (χ2v) is 5.17. The zero-order valence-corrected chi connectivity index (χ0v) is 12.2. The zero-order chi connectivity index (χ0) is 13.4. The van der Waals surface area contributed by atoms with E-state index < -0.39 is 0 Å². The number of carbonyl (C=O) groups is 1. The Morgan fingerprint density at radius 2 is 2.00 bits per heavy atom. The summed E-state index contributed by atoms with van der Waals surface area (Å²) in [6.45, 7) is 3.76. The van der Waals surface area contributed by atoms with Crippen molar-refractivity contribution in [3.63, 3.8) is 0 Å². The molecule has 100 valence electrons. The van der Waals surface area contributed by atoms with Crippen LogP contribution in [-0.4, -0.2) is 43.0 Å². The molecule has 0 aromatic heterocycles. The molecule has 3 nitrogen and oxygen atoms in total. The van der Waals surface area contributed by atoms with Gasteiger partial charge in [0.25, 0.3) is 5.91 Å². The average Bonchev–Trinajstić information content (AvgIpc) is 2.39. The lowest BCUT2D eigenvalue weighted by molar-refractivity contribution is 0.0795. The SMILES string of the molecule is CCNc1ccc(C(=O)N(C)CCCSC)cc1. The second kappa shape index (κ2) is 8.03. The molecule has 1 rings (SSSR count). The van der Waals surface area contributed by atoms with E-state index in [1.807, 2.05) is 43.1 Å². The first-order valence-electron chi connectivity index (χ1n) is 6.27. The molecule has 0 aliphatic rings. The van der Waals surface area contributed by atoms with Gasteiger partial charge >= 0.3 is 0 Å². The number of nitrogens with one attached hydrogen (secondary N) is 1. The summed E-state index contributed by atoms with van der Waals surface area (Å²) in [5.41, 5.74) is 1.81. The second-order valence-electron chi connectivity index (χ2n) is 4.18. The van der Waals surface area contributed by atoms with Crippen molar-refractivity contribution < 1.29 is 4.79 Å². The van der Waals surface area contributed by atoms with Crippen molar-refractivity contribution in [2.24, 2.45) is 0 Å². The van der Waals surface area contributed by atoms with Crippen LogP contribution in [0.1, 0.15) is 23.7 Å². The summed E-state index contributed by atoms with van der Waals surface area (Å²) in [4.78, 5) is 13.9. The first kappa shape index (κ1) is 14.9. The minimum absolute atomic E-state index is 0.0964. The molecule has 0 saturated heterocycles. The Kier molecular flexibility index (Phi) is 6.65. The number of amides is 1. The number of hydrogen-bond donors (Lipinski definition) is 1. The Morgan fingerprint density at radius 3 is 2.56 bits per heavy atom. The van der Waals surface area contributed by atoms with Crippen molar-refractivity contribution in [2.75, 3.05) is 37.5 Å². The fourth-order valence-electron chi connectivity index (χ4n) is 1.70. The van der Waals surface area contributed by atoms with Crippen LogP contribution in [0.25, 0.3) is 0 Å². The van der Waals surface area contributed by atoms with Crippen molar-refractivity contribution >= 4 is 23.4 Å². The summed E-state index contributed by atoms with van der Waals surface area (Å²) in [7, 11) is 1.86. The van der Waals surface area contributed by atoms with Gasteiger partial charge in [-0.25, -0.2) is 0 Å². The first-order chi connectivity index (χ1) is 8.69. The smallest absolute Gasteiger partial charge is 0.253 e. The molecule has 1 N–H and O–H groups in total. The van der Waals surface area contributed by atoms with Crippen LogP contribution in [0.2, 0.25) is 0 Å². The van der Waals surface area contributed by atoms with Gasteiger partial charge in [0.1, 0.15) is 0 Å². The van der Waals surface area contributed by atoms with Gasteiger partial charge < -0.3 is 10.2 Å². The fraction of sp³-hybridized carbons (Fsp3) is 0.500. The standard InChI is InChI=1S/C14H22N2OS/c1-4-15-13-8-6-12(7-9-13)14(17)16(2)10-5-11-18-3/h6-9,15H,4-5,10-11H2,1-3H3. The predicted molar refractivity (Wildman–Crippen MR) is 80.6 cm³/mol. The molecule has 0 aliphatic heterocycles. The lowest BCUT2D eigenvalue weighted by Crippen LogP contribution is -2.28. The normalized spacial score (nSPS) is 10.2. The van der Waals surface area contributed by atoms with Crippen LogP contribution in [0.3, 0.4) is 0 Å². The molecule has 0 spiro atoms. The van der Waals surface area contributed by atoms with Crippen molar-refractivity contribution in [1.82, 2.24) is 4.90 Å². The van der Waals surface area contributed by atoms with Crippen molar-refractivity contribution in [3.05, 3.63) is 29.8 Å². The third kappa shape index (κ3) is 4.61. The van der Waals surface area contributed by atoms with E-state index in [2.05, 4.69) is 18.5 Å². The van der Waals surface area contributed by atoms with Crippen LogP contribution < -0.4 is 5.32 Å². The molecule has 0 atom stereocenters. The Balaban J connectivity index is 2.54. The van der Waals surface area contributed by atoms with Crippen LogP contribution in [0.4, 0.5) is 5.69 Å². The van der Waals surface area contributed by atoms with E-state index in [0.29, 0.717) is 0 Å². The van der Waals surface area contributed by atoms with Crippen molar-refractivity contribution in [2.45, 2.75) is 13.3 Å². The Morgan fingerprint density at radius 1 is 1.33 bits per heavy atom. The lowest BCUT2D eigenvalue weighted by Gasteiger charge is -2.17. The number of hydrogen-bond acceptors (Lipinski definition) is 3. The maximum absolute atomic E-state index is 12.1. The highest BCUT2D eigenvalue weighted by molar-refractivity contribution is 7.98. The number of anilines is 1. The number of benzene rings is 1. The maximum atomic E-state index is 12.1.